The third-order valence-corrected chi connectivity index (χ3v) is 4.62. The monoisotopic (exact) mass is 242 g/mol. The molecule has 0 saturated carbocycles. The van der Waals surface area contributed by atoms with Gasteiger partial charge in [-0.1, -0.05) is 19.9 Å². The van der Waals surface area contributed by atoms with Gasteiger partial charge in [0.05, 0.1) is 0 Å². The van der Waals surface area contributed by atoms with Gasteiger partial charge in [-0.25, -0.2) is 4.98 Å². The Kier molecular flexibility index (Phi) is 5.06. The van der Waals surface area contributed by atoms with Crippen molar-refractivity contribution in [2.45, 2.75) is 31.4 Å². The highest BCUT2D eigenvalue weighted by molar-refractivity contribution is 8.00. The van der Waals surface area contributed by atoms with Crippen LogP contribution in [0.5, 0.6) is 0 Å². The average molecular weight is 242 g/mol. The number of aromatic nitrogens is 1. The van der Waals surface area contributed by atoms with Gasteiger partial charge < -0.3 is 5.32 Å². The van der Waals surface area contributed by atoms with E-state index >= 15 is 0 Å². The van der Waals surface area contributed by atoms with Crippen molar-refractivity contribution >= 4 is 17.6 Å². The summed E-state index contributed by atoms with van der Waals surface area (Å²) in [5.41, 5.74) is 0. The number of thioether (sulfide) groups is 1. The molecule has 0 aliphatic carbocycles. The van der Waals surface area contributed by atoms with Gasteiger partial charge in [0.15, 0.2) is 0 Å². The second-order valence-electron chi connectivity index (χ2n) is 3.79. The van der Waals surface area contributed by atoms with Gasteiger partial charge in [0.2, 0.25) is 5.95 Å². The minimum Gasteiger partial charge on any atom is -0.369 e. The summed E-state index contributed by atoms with van der Waals surface area (Å²) in [4.78, 5) is 3.79. The molecule has 0 atom stereocenters. The summed E-state index contributed by atoms with van der Waals surface area (Å²) < 4.78 is 13.1. The van der Waals surface area contributed by atoms with Crippen LogP contribution < -0.4 is 5.32 Å². The number of hydrogen-bond donors (Lipinski definition) is 1. The summed E-state index contributed by atoms with van der Waals surface area (Å²) in [5, 5.41) is 3.21. The Morgan fingerprint density at radius 1 is 1.38 bits per heavy atom. The van der Waals surface area contributed by atoms with E-state index in [4.69, 9.17) is 0 Å². The molecule has 2 nitrogen and oxygen atoms in total. The van der Waals surface area contributed by atoms with E-state index in [0.717, 1.165) is 19.4 Å². The van der Waals surface area contributed by atoms with Crippen molar-refractivity contribution in [3.05, 3.63) is 24.1 Å². The molecule has 0 saturated heterocycles. The largest absolute Gasteiger partial charge is 0.369 e. The van der Waals surface area contributed by atoms with Crippen molar-refractivity contribution in [1.82, 2.24) is 4.98 Å². The summed E-state index contributed by atoms with van der Waals surface area (Å²) in [6.45, 7) is 5.18. The molecule has 0 radical (unpaired) electrons. The number of nitrogens with one attached hydrogen (secondary N) is 1. The van der Waals surface area contributed by atoms with Gasteiger partial charge in [0, 0.05) is 11.3 Å². The molecule has 1 rings (SSSR count). The number of rotatable bonds is 6. The maximum Gasteiger partial charge on any atom is 0.214 e. The maximum absolute atomic E-state index is 12.9. The molecule has 0 aromatic carbocycles. The van der Waals surface area contributed by atoms with Crippen LogP contribution >= 0.6 is 11.8 Å². The molecule has 1 aromatic heterocycles. The molecule has 16 heavy (non-hydrogen) atoms. The van der Waals surface area contributed by atoms with E-state index in [9.17, 15) is 4.39 Å². The second kappa shape index (κ2) is 6.09. The lowest BCUT2D eigenvalue weighted by molar-refractivity contribution is 0.567. The van der Waals surface area contributed by atoms with E-state index in [2.05, 4.69) is 30.4 Å². The van der Waals surface area contributed by atoms with E-state index in [1.54, 1.807) is 12.1 Å². The Hall–Kier alpha value is -0.770. The lowest BCUT2D eigenvalue weighted by Gasteiger charge is -2.30. The summed E-state index contributed by atoms with van der Waals surface area (Å²) >= 11 is 1.86. The van der Waals surface area contributed by atoms with Gasteiger partial charge >= 0.3 is 0 Å². The molecule has 1 aromatic rings. The highest BCUT2D eigenvalue weighted by Gasteiger charge is 2.24. The fourth-order valence-electron chi connectivity index (χ4n) is 1.62. The predicted octanol–water partition coefficient (Wildman–Crippen LogP) is 3.55. The van der Waals surface area contributed by atoms with Gasteiger partial charge in [-0.15, -0.1) is 0 Å². The van der Waals surface area contributed by atoms with Crippen LogP contribution in [-0.2, 0) is 0 Å². The minimum atomic E-state index is -0.437. The summed E-state index contributed by atoms with van der Waals surface area (Å²) in [6.07, 6.45) is 4.30. The summed E-state index contributed by atoms with van der Waals surface area (Å²) in [6, 6.07) is 4.81. The van der Waals surface area contributed by atoms with Crippen LogP contribution in [-0.4, -0.2) is 22.5 Å². The van der Waals surface area contributed by atoms with Crippen molar-refractivity contribution in [2.24, 2.45) is 0 Å². The quantitative estimate of drug-likeness (QED) is 0.772. The van der Waals surface area contributed by atoms with E-state index in [1.165, 1.54) is 6.07 Å². The SMILES string of the molecule is CCC(CC)(CNc1cccc(F)n1)SC. The van der Waals surface area contributed by atoms with Crippen LogP contribution in [0.1, 0.15) is 26.7 Å². The third-order valence-electron chi connectivity index (χ3n) is 3.03. The molecule has 1 N–H and O–H groups in total. The van der Waals surface area contributed by atoms with Crippen LogP contribution in [0.3, 0.4) is 0 Å². The van der Waals surface area contributed by atoms with Crippen molar-refractivity contribution in [1.29, 1.82) is 0 Å². The topological polar surface area (TPSA) is 24.9 Å². The van der Waals surface area contributed by atoms with Gasteiger partial charge in [-0.05, 0) is 31.2 Å². The van der Waals surface area contributed by atoms with E-state index < -0.39 is 5.95 Å². The first-order chi connectivity index (χ1) is 7.65. The van der Waals surface area contributed by atoms with Gasteiger partial charge in [0.25, 0.3) is 0 Å². The summed E-state index contributed by atoms with van der Waals surface area (Å²) in [5.74, 6) is 0.174. The Morgan fingerprint density at radius 3 is 2.56 bits per heavy atom. The first kappa shape index (κ1) is 13.3. The number of halogens is 1. The van der Waals surface area contributed by atoms with Gasteiger partial charge in [0.1, 0.15) is 5.82 Å². The molecule has 0 bridgehead atoms. The van der Waals surface area contributed by atoms with Crippen molar-refractivity contribution in [2.75, 3.05) is 18.1 Å². The fourth-order valence-corrected chi connectivity index (χ4v) is 2.41. The number of hydrogen-bond acceptors (Lipinski definition) is 3. The summed E-state index contributed by atoms with van der Waals surface area (Å²) in [7, 11) is 0. The number of nitrogens with zero attached hydrogens (tertiary/aromatic N) is 1. The zero-order valence-corrected chi connectivity index (χ0v) is 10.9. The minimum absolute atomic E-state index is 0.216. The predicted molar refractivity (Wildman–Crippen MR) is 69.5 cm³/mol. The van der Waals surface area contributed by atoms with Crippen LogP contribution in [0.25, 0.3) is 0 Å². The van der Waals surface area contributed by atoms with E-state index in [0.29, 0.717) is 5.82 Å². The Labute approximate surface area is 101 Å². The molecule has 0 amide bonds. The van der Waals surface area contributed by atoms with E-state index in [-0.39, 0.29) is 4.75 Å². The molecule has 0 aliphatic heterocycles. The molecule has 4 heteroatoms. The van der Waals surface area contributed by atoms with Crippen LogP contribution in [0.15, 0.2) is 18.2 Å². The average Bonchev–Trinajstić information content (AvgIpc) is 2.32. The van der Waals surface area contributed by atoms with Crippen LogP contribution in [0.4, 0.5) is 10.2 Å². The zero-order valence-electron chi connectivity index (χ0n) is 10.1. The van der Waals surface area contributed by atoms with Crippen molar-refractivity contribution < 1.29 is 4.39 Å². The van der Waals surface area contributed by atoms with Gasteiger partial charge in [-0.2, -0.15) is 16.2 Å². The standard InChI is InChI=1S/C12H19FN2S/c1-4-12(5-2,16-3)9-14-11-8-6-7-10(13)15-11/h6-8H,4-5,9H2,1-3H3,(H,14,15). The molecule has 90 valence electrons. The molecule has 0 unspecified atom stereocenters. The molecule has 0 spiro atoms. The lowest BCUT2D eigenvalue weighted by Crippen LogP contribution is -2.32. The zero-order chi connectivity index (χ0) is 12.0. The highest BCUT2D eigenvalue weighted by atomic mass is 32.2. The Bertz CT molecular complexity index is 318. The van der Waals surface area contributed by atoms with Crippen LogP contribution in [0, 0.1) is 5.95 Å². The van der Waals surface area contributed by atoms with Gasteiger partial charge in [-0.3, -0.25) is 0 Å². The third kappa shape index (κ3) is 3.37. The van der Waals surface area contributed by atoms with E-state index in [1.807, 2.05) is 11.8 Å². The normalized spacial score (nSPS) is 11.5. The highest BCUT2D eigenvalue weighted by Crippen LogP contribution is 2.30. The Balaban J connectivity index is 2.62. The maximum atomic E-state index is 12.9. The lowest BCUT2D eigenvalue weighted by atomic mass is 10.0. The smallest absolute Gasteiger partial charge is 0.214 e. The molecular formula is C12H19FN2S. The first-order valence-corrected chi connectivity index (χ1v) is 6.80. The van der Waals surface area contributed by atoms with Crippen LogP contribution in [0.2, 0.25) is 0 Å². The second-order valence-corrected chi connectivity index (χ2v) is 5.07. The molecule has 0 aliphatic rings. The Morgan fingerprint density at radius 2 is 2.06 bits per heavy atom. The molecule has 1 heterocycles. The number of pyridine rings is 1. The fraction of sp³-hybridized carbons (Fsp3) is 0.583. The number of anilines is 1. The van der Waals surface area contributed by atoms with Crippen molar-refractivity contribution in [3.63, 3.8) is 0 Å². The molecule has 0 fully saturated rings. The first-order valence-electron chi connectivity index (χ1n) is 5.57. The van der Waals surface area contributed by atoms with Crippen molar-refractivity contribution in [3.8, 4) is 0 Å². The molecular weight excluding hydrogens is 223 g/mol.